The average Bonchev–Trinajstić information content (AvgIpc) is 2.76. The van der Waals surface area contributed by atoms with Crippen molar-refractivity contribution in [2.75, 3.05) is 0 Å². The second kappa shape index (κ2) is 28.5. The van der Waals surface area contributed by atoms with Gasteiger partial charge in [0.25, 0.3) is 0 Å². The van der Waals surface area contributed by atoms with Gasteiger partial charge in [0.05, 0.1) is 0 Å². The molecule has 0 heterocycles. The van der Waals surface area contributed by atoms with Crippen molar-refractivity contribution in [3.05, 3.63) is 24.3 Å². The summed E-state index contributed by atoms with van der Waals surface area (Å²) >= 11 is 0. The average molecular weight is 419 g/mol. The van der Waals surface area contributed by atoms with E-state index in [1.807, 2.05) is 0 Å². The molecule has 0 amide bonds. The molecular formula is C30H58. The van der Waals surface area contributed by atoms with Crippen LogP contribution in [-0.4, -0.2) is 0 Å². The minimum Gasteiger partial charge on any atom is -0.0885 e. The highest BCUT2D eigenvalue weighted by Gasteiger charge is 1.94. The van der Waals surface area contributed by atoms with Crippen LogP contribution in [0.3, 0.4) is 0 Å². The fourth-order valence-electron chi connectivity index (χ4n) is 4.15. The van der Waals surface area contributed by atoms with Gasteiger partial charge in [-0.2, -0.15) is 0 Å². The van der Waals surface area contributed by atoms with Crippen LogP contribution in [0.2, 0.25) is 0 Å². The van der Waals surface area contributed by atoms with Gasteiger partial charge in [-0.1, -0.05) is 147 Å². The number of allylic oxidation sites excluding steroid dienone is 4. The molecule has 0 aliphatic rings. The van der Waals surface area contributed by atoms with Gasteiger partial charge in [0.15, 0.2) is 0 Å². The Morgan fingerprint density at radius 3 is 0.833 bits per heavy atom. The van der Waals surface area contributed by atoms with Gasteiger partial charge in [-0.15, -0.1) is 0 Å². The monoisotopic (exact) mass is 418 g/mol. The Hall–Kier alpha value is -0.520. The molecule has 0 radical (unpaired) electrons. The fraction of sp³-hybridized carbons (Fsp3) is 0.867. The normalized spacial score (nSPS) is 11.9. The molecule has 0 aromatic rings. The second-order valence-electron chi connectivity index (χ2n) is 9.46. The third kappa shape index (κ3) is 27.5. The number of hydrogen-bond acceptors (Lipinski definition) is 0. The summed E-state index contributed by atoms with van der Waals surface area (Å²) in [7, 11) is 0. The van der Waals surface area contributed by atoms with Crippen molar-refractivity contribution in [2.24, 2.45) is 0 Å². The predicted molar refractivity (Wildman–Crippen MR) is 140 cm³/mol. The molecule has 30 heavy (non-hydrogen) atoms. The van der Waals surface area contributed by atoms with Crippen LogP contribution in [0, 0.1) is 0 Å². The third-order valence-corrected chi connectivity index (χ3v) is 6.25. The summed E-state index contributed by atoms with van der Waals surface area (Å²) in [4.78, 5) is 0. The first-order valence-electron chi connectivity index (χ1n) is 14.2. The highest BCUT2D eigenvalue weighted by Crippen LogP contribution is 2.13. The maximum absolute atomic E-state index is 2.45. The molecule has 0 aliphatic carbocycles. The zero-order valence-corrected chi connectivity index (χ0v) is 21.3. The summed E-state index contributed by atoms with van der Waals surface area (Å²) in [6, 6.07) is 0. The van der Waals surface area contributed by atoms with Crippen molar-refractivity contribution in [3.8, 4) is 0 Å². The molecular weight excluding hydrogens is 360 g/mol. The Balaban J connectivity index is 3.08. The van der Waals surface area contributed by atoms with Gasteiger partial charge in [-0.3, -0.25) is 0 Å². The van der Waals surface area contributed by atoms with Crippen LogP contribution in [0.4, 0.5) is 0 Å². The summed E-state index contributed by atoms with van der Waals surface area (Å²) in [5.74, 6) is 0. The molecule has 0 saturated carbocycles. The Bertz CT molecular complexity index is 338. The van der Waals surface area contributed by atoms with E-state index in [1.54, 1.807) is 0 Å². The zero-order valence-electron chi connectivity index (χ0n) is 21.3. The SMILES string of the molecule is CCCC=CCCCCCCCCCCCCCC=CCCCCCCCCCC. The fourth-order valence-corrected chi connectivity index (χ4v) is 4.15. The van der Waals surface area contributed by atoms with Crippen LogP contribution in [-0.2, 0) is 0 Å². The van der Waals surface area contributed by atoms with E-state index in [0.29, 0.717) is 0 Å². The van der Waals surface area contributed by atoms with Gasteiger partial charge in [0.2, 0.25) is 0 Å². The lowest BCUT2D eigenvalue weighted by Gasteiger charge is -2.02. The van der Waals surface area contributed by atoms with Gasteiger partial charge < -0.3 is 0 Å². The van der Waals surface area contributed by atoms with Crippen LogP contribution >= 0.6 is 0 Å². The molecule has 0 unspecified atom stereocenters. The molecule has 0 aromatic heterocycles. The van der Waals surface area contributed by atoms with Crippen LogP contribution in [0.5, 0.6) is 0 Å². The van der Waals surface area contributed by atoms with Crippen LogP contribution in [0.1, 0.15) is 168 Å². The highest BCUT2D eigenvalue weighted by molar-refractivity contribution is 4.81. The van der Waals surface area contributed by atoms with Crippen molar-refractivity contribution in [1.29, 1.82) is 0 Å². The number of unbranched alkanes of at least 4 members (excludes halogenated alkanes) is 21. The van der Waals surface area contributed by atoms with Crippen molar-refractivity contribution in [2.45, 2.75) is 168 Å². The lowest BCUT2D eigenvalue weighted by atomic mass is 10.0. The van der Waals surface area contributed by atoms with Crippen LogP contribution < -0.4 is 0 Å². The third-order valence-electron chi connectivity index (χ3n) is 6.25. The summed E-state index contributed by atoms with van der Waals surface area (Å²) in [5, 5.41) is 0. The standard InChI is InChI=1S/C30H58/c1-3-5-7-9-11-13-15-17-19-21-23-25-27-29-30-28-26-24-22-20-18-16-14-12-10-8-6-4-2/h7,9,22,24H,3-6,8,10-21,23,25-30H2,1-2H3. The maximum Gasteiger partial charge on any atom is -0.0351 e. The van der Waals surface area contributed by atoms with Gasteiger partial charge in [-0.05, 0) is 44.9 Å². The molecule has 0 fully saturated rings. The largest absolute Gasteiger partial charge is 0.0885 e. The van der Waals surface area contributed by atoms with Gasteiger partial charge >= 0.3 is 0 Å². The summed E-state index contributed by atoms with van der Waals surface area (Å²) in [5.41, 5.74) is 0. The smallest absolute Gasteiger partial charge is 0.0351 e. The van der Waals surface area contributed by atoms with Gasteiger partial charge in [-0.25, -0.2) is 0 Å². The lowest BCUT2D eigenvalue weighted by Crippen LogP contribution is -1.82. The zero-order chi connectivity index (χ0) is 21.8. The number of hydrogen-bond donors (Lipinski definition) is 0. The quantitative estimate of drug-likeness (QED) is 0.102. The van der Waals surface area contributed by atoms with Crippen molar-refractivity contribution >= 4 is 0 Å². The predicted octanol–water partition coefficient (Wildman–Crippen LogP) is 11.5. The first kappa shape index (κ1) is 29.5. The molecule has 0 rings (SSSR count). The maximum atomic E-state index is 2.45. The summed E-state index contributed by atoms with van der Waals surface area (Å²) < 4.78 is 0. The van der Waals surface area contributed by atoms with E-state index in [9.17, 15) is 0 Å². The molecule has 0 aromatic carbocycles. The molecule has 0 bridgehead atoms. The van der Waals surface area contributed by atoms with Crippen molar-refractivity contribution in [3.63, 3.8) is 0 Å². The van der Waals surface area contributed by atoms with E-state index < -0.39 is 0 Å². The first-order chi connectivity index (χ1) is 14.9. The van der Waals surface area contributed by atoms with E-state index in [1.165, 1.54) is 154 Å². The Kier molecular flexibility index (Phi) is 28.0. The Labute approximate surface area is 192 Å². The van der Waals surface area contributed by atoms with E-state index >= 15 is 0 Å². The molecule has 0 N–H and O–H groups in total. The van der Waals surface area contributed by atoms with Crippen LogP contribution in [0.15, 0.2) is 24.3 Å². The van der Waals surface area contributed by atoms with Crippen molar-refractivity contribution < 1.29 is 0 Å². The van der Waals surface area contributed by atoms with E-state index in [-0.39, 0.29) is 0 Å². The molecule has 0 aliphatic heterocycles. The molecule has 0 saturated heterocycles. The van der Waals surface area contributed by atoms with E-state index in [2.05, 4.69) is 38.2 Å². The first-order valence-corrected chi connectivity index (χ1v) is 14.2. The second-order valence-corrected chi connectivity index (χ2v) is 9.46. The molecule has 0 heteroatoms. The minimum absolute atomic E-state index is 1.26. The van der Waals surface area contributed by atoms with Gasteiger partial charge in [0.1, 0.15) is 0 Å². The topological polar surface area (TPSA) is 0 Å². The van der Waals surface area contributed by atoms with E-state index in [0.717, 1.165) is 0 Å². The molecule has 0 atom stereocenters. The number of rotatable bonds is 25. The van der Waals surface area contributed by atoms with E-state index in [4.69, 9.17) is 0 Å². The summed E-state index contributed by atoms with van der Waals surface area (Å²) in [6.07, 6.45) is 43.5. The van der Waals surface area contributed by atoms with Crippen molar-refractivity contribution in [1.82, 2.24) is 0 Å². The highest BCUT2D eigenvalue weighted by atomic mass is 14.0. The lowest BCUT2D eigenvalue weighted by molar-refractivity contribution is 0.547. The van der Waals surface area contributed by atoms with Gasteiger partial charge in [0, 0.05) is 0 Å². The molecule has 178 valence electrons. The summed E-state index contributed by atoms with van der Waals surface area (Å²) in [6.45, 7) is 4.55. The Morgan fingerprint density at radius 2 is 0.533 bits per heavy atom. The Morgan fingerprint density at radius 1 is 0.267 bits per heavy atom. The molecule has 0 nitrogen and oxygen atoms in total. The van der Waals surface area contributed by atoms with Crippen LogP contribution in [0.25, 0.3) is 0 Å². The minimum atomic E-state index is 1.26. The molecule has 0 spiro atoms.